The number of aromatic nitrogens is 2. The second-order valence-electron chi connectivity index (χ2n) is 5.26. The highest BCUT2D eigenvalue weighted by molar-refractivity contribution is 6.36. The van der Waals surface area contributed by atoms with E-state index >= 15 is 0 Å². The first-order valence-electron chi connectivity index (χ1n) is 6.85. The molecule has 0 amide bonds. The minimum absolute atomic E-state index is 0.307. The molecule has 0 saturated heterocycles. The lowest BCUT2D eigenvalue weighted by Gasteiger charge is -2.08. The Bertz CT molecular complexity index is 906. The van der Waals surface area contributed by atoms with Gasteiger partial charge in [-0.3, -0.25) is 0 Å². The molecular weight excluding hydrogens is 317 g/mol. The molecule has 0 fully saturated rings. The lowest BCUT2D eigenvalue weighted by molar-refractivity contribution is 0.897. The maximum absolute atomic E-state index is 9.37. The average molecular weight is 330 g/mol. The summed E-state index contributed by atoms with van der Waals surface area (Å²) in [7, 11) is 0. The summed E-state index contributed by atoms with van der Waals surface area (Å²) in [5.74, 6) is -0.307. The number of hydrogen-bond donors (Lipinski definition) is 0. The number of fused-ring (bicyclic) bond motifs is 1. The quantitative estimate of drug-likeness (QED) is 0.644. The average Bonchev–Trinajstić information content (AvgIpc) is 2.84. The summed E-state index contributed by atoms with van der Waals surface area (Å²) in [5, 5.41) is 10.5. The van der Waals surface area contributed by atoms with Crippen LogP contribution in [0, 0.1) is 18.3 Å². The molecule has 0 aliphatic carbocycles. The highest BCUT2D eigenvalue weighted by atomic mass is 35.5. The molecular formula is C17H13Cl2N3. The van der Waals surface area contributed by atoms with Crippen LogP contribution in [-0.2, 0) is 0 Å². The molecule has 0 saturated carbocycles. The molecule has 0 aliphatic heterocycles. The van der Waals surface area contributed by atoms with E-state index in [0.29, 0.717) is 10.0 Å². The summed E-state index contributed by atoms with van der Waals surface area (Å²) < 4.78 is 1.96. The van der Waals surface area contributed by atoms with Crippen molar-refractivity contribution in [3.8, 4) is 17.3 Å². The molecule has 1 aromatic carbocycles. The van der Waals surface area contributed by atoms with E-state index in [4.69, 9.17) is 23.2 Å². The van der Waals surface area contributed by atoms with Crippen LogP contribution >= 0.6 is 23.2 Å². The molecule has 1 atom stereocenters. The van der Waals surface area contributed by atoms with Gasteiger partial charge in [-0.2, -0.15) is 5.26 Å². The van der Waals surface area contributed by atoms with Gasteiger partial charge in [-0.15, -0.1) is 0 Å². The molecule has 110 valence electrons. The first-order chi connectivity index (χ1) is 10.5. The fourth-order valence-corrected chi connectivity index (χ4v) is 3.02. The minimum Gasteiger partial charge on any atom is -0.302 e. The zero-order valence-corrected chi connectivity index (χ0v) is 13.7. The lowest BCUT2D eigenvalue weighted by atomic mass is 10.0. The zero-order valence-electron chi connectivity index (χ0n) is 12.1. The van der Waals surface area contributed by atoms with Crippen molar-refractivity contribution in [2.24, 2.45) is 0 Å². The van der Waals surface area contributed by atoms with Crippen LogP contribution in [-0.4, -0.2) is 9.38 Å². The van der Waals surface area contributed by atoms with Crippen molar-refractivity contribution in [3.63, 3.8) is 0 Å². The van der Waals surface area contributed by atoms with Crippen molar-refractivity contribution in [2.45, 2.75) is 19.8 Å². The smallest absolute Gasteiger partial charge is 0.137 e. The normalized spacial score (nSPS) is 12.3. The summed E-state index contributed by atoms with van der Waals surface area (Å²) in [6, 6.07) is 11.5. The first kappa shape index (κ1) is 14.9. The van der Waals surface area contributed by atoms with Crippen LogP contribution < -0.4 is 0 Å². The number of nitriles is 1. The summed E-state index contributed by atoms with van der Waals surface area (Å²) >= 11 is 12.3. The molecule has 0 spiro atoms. The maximum atomic E-state index is 9.37. The Balaban J connectivity index is 2.36. The van der Waals surface area contributed by atoms with E-state index in [0.717, 1.165) is 28.2 Å². The number of hydrogen-bond acceptors (Lipinski definition) is 2. The van der Waals surface area contributed by atoms with Gasteiger partial charge in [0.1, 0.15) is 5.65 Å². The highest BCUT2D eigenvalue weighted by Gasteiger charge is 2.21. The Morgan fingerprint density at radius 3 is 2.68 bits per heavy atom. The second-order valence-corrected chi connectivity index (χ2v) is 6.10. The zero-order chi connectivity index (χ0) is 15.9. The molecule has 2 heterocycles. The van der Waals surface area contributed by atoms with E-state index in [2.05, 4.69) is 11.1 Å². The predicted molar refractivity (Wildman–Crippen MR) is 89.4 cm³/mol. The Morgan fingerprint density at radius 1 is 1.23 bits per heavy atom. The van der Waals surface area contributed by atoms with Gasteiger partial charge < -0.3 is 4.40 Å². The van der Waals surface area contributed by atoms with Crippen LogP contribution in [0.25, 0.3) is 16.9 Å². The monoisotopic (exact) mass is 329 g/mol. The largest absolute Gasteiger partial charge is 0.302 e. The highest BCUT2D eigenvalue weighted by Crippen LogP contribution is 2.35. The Hall–Kier alpha value is -2.02. The van der Waals surface area contributed by atoms with Gasteiger partial charge in [0.2, 0.25) is 0 Å². The number of aryl methyl sites for hydroxylation is 1. The van der Waals surface area contributed by atoms with Gasteiger partial charge in [-0.1, -0.05) is 29.3 Å². The number of rotatable bonds is 2. The predicted octanol–water partition coefficient (Wildman–Crippen LogP) is 5.24. The van der Waals surface area contributed by atoms with E-state index in [9.17, 15) is 5.26 Å². The standard InChI is InChI=1S/C17H13Cl2N3/c1-10-3-6-15-21-16(13-5-4-12(18)7-14(13)19)17(11(2)8-20)22(15)9-10/h3-7,9,11H,1-2H3. The van der Waals surface area contributed by atoms with Gasteiger partial charge >= 0.3 is 0 Å². The van der Waals surface area contributed by atoms with Crippen LogP contribution in [0.3, 0.4) is 0 Å². The maximum Gasteiger partial charge on any atom is 0.137 e. The van der Waals surface area contributed by atoms with Crippen molar-refractivity contribution >= 4 is 28.8 Å². The lowest BCUT2D eigenvalue weighted by Crippen LogP contribution is -1.99. The minimum atomic E-state index is -0.307. The van der Waals surface area contributed by atoms with Crippen molar-refractivity contribution in [1.29, 1.82) is 5.26 Å². The van der Waals surface area contributed by atoms with Crippen molar-refractivity contribution < 1.29 is 0 Å². The first-order valence-corrected chi connectivity index (χ1v) is 7.60. The fourth-order valence-electron chi connectivity index (χ4n) is 2.52. The number of pyridine rings is 1. The molecule has 0 N–H and O–H groups in total. The van der Waals surface area contributed by atoms with Gasteiger partial charge in [0.05, 0.1) is 28.4 Å². The molecule has 1 unspecified atom stereocenters. The molecule has 3 nitrogen and oxygen atoms in total. The molecule has 3 aromatic rings. The number of halogens is 2. The Morgan fingerprint density at radius 2 is 2.00 bits per heavy atom. The molecule has 2 aromatic heterocycles. The summed E-state index contributed by atoms with van der Waals surface area (Å²) in [6.07, 6.45) is 1.98. The van der Waals surface area contributed by atoms with Crippen molar-refractivity contribution in [2.75, 3.05) is 0 Å². The number of benzene rings is 1. The van der Waals surface area contributed by atoms with E-state index in [1.54, 1.807) is 12.1 Å². The van der Waals surface area contributed by atoms with Crippen LogP contribution in [0.1, 0.15) is 24.1 Å². The number of nitrogens with zero attached hydrogens (tertiary/aromatic N) is 3. The fraction of sp³-hybridized carbons (Fsp3) is 0.176. The summed E-state index contributed by atoms with van der Waals surface area (Å²) in [6.45, 7) is 3.87. The molecule has 3 rings (SSSR count). The third kappa shape index (κ3) is 2.45. The third-order valence-corrected chi connectivity index (χ3v) is 4.14. The third-order valence-electron chi connectivity index (χ3n) is 3.59. The van der Waals surface area contributed by atoms with E-state index in [1.807, 2.05) is 42.6 Å². The van der Waals surface area contributed by atoms with Gasteiger partial charge in [0.25, 0.3) is 0 Å². The Labute approximate surface area is 138 Å². The van der Waals surface area contributed by atoms with E-state index < -0.39 is 0 Å². The van der Waals surface area contributed by atoms with Crippen molar-refractivity contribution in [3.05, 3.63) is 57.8 Å². The Kier molecular flexibility index (Phi) is 3.82. The molecule has 0 radical (unpaired) electrons. The van der Waals surface area contributed by atoms with Crippen LogP contribution in [0.2, 0.25) is 10.0 Å². The van der Waals surface area contributed by atoms with Gasteiger partial charge in [0.15, 0.2) is 0 Å². The molecule has 0 aliphatic rings. The second kappa shape index (κ2) is 5.64. The van der Waals surface area contributed by atoms with Crippen LogP contribution in [0.5, 0.6) is 0 Å². The van der Waals surface area contributed by atoms with Crippen LogP contribution in [0.4, 0.5) is 0 Å². The van der Waals surface area contributed by atoms with Crippen molar-refractivity contribution in [1.82, 2.24) is 9.38 Å². The molecule has 5 heteroatoms. The summed E-state index contributed by atoms with van der Waals surface area (Å²) in [5.41, 5.74) is 4.24. The molecule has 0 bridgehead atoms. The van der Waals surface area contributed by atoms with E-state index in [-0.39, 0.29) is 5.92 Å². The SMILES string of the molecule is Cc1ccc2nc(-c3ccc(Cl)cc3Cl)c(C(C)C#N)n2c1. The summed E-state index contributed by atoms with van der Waals surface area (Å²) in [4.78, 5) is 4.67. The van der Waals surface area contributed by atoms with E-state index in [1.165, 1.54) is 0 Å². The van der Waals surface area contributed by atoms with Crippen LogP contribution in [0.15, 0.2) is 36.5 Å². The van der Waals surface area contributed by atoms with Gasteiger partial charge in [0, 0.05) is 16.8 Å². The molecule has 22 heavy (non-hydrogen) atoms. The van der Waals surface area contributed by atoms with Gasteiger partial charge in [-0.25, -0.2) is 4.98 Å². The topological polar surface area (TPSA) is 41.1 Å². The number of imidazole rings is 1. The van der Waals surface area contributed by atoms with Gasteiger partial charge in [-0.05, 0) is 43.7 Å².